The molecule has 2 rings (SSSR count). The van der Waals surface area contributed by atoms with Crippen LogP contribution < -0.4 is 14.8 Å². The predicted molar refractivity (Wildman–Crippen MR) is 51.7 cm³/mol. The zero-order valence-electron chi connectivity index (χ0n) is 8.50. The summed E-state index contributed by atoms with van der Waals surface area (Å²) in [4.78, 5) is 0. The molecule has 0 unspecified atom stereocenters. The summed E-state index contributed by atoms with van der Waals surface area (Å²) in [6, 6.07) is 0.431. The topological polar surface area (TPSA) is 43.6 Å². The highest BCUT2D eigenvalue weighted by Gasteiger charge is 2.19. The minimum absolute atomic E-state index is 0.431. The summed E-state index contributed by atoms with van der Waals surface area (Å²) in [6.07, 6.45) is 1.60. The van der Waals surface area contributed by atoms with E-state index in [0.717, 1.165) is 17.3 Å². The molecule has 78 valence electrons. The van der Waals surface area contributed by atoms with Gasteiger partial charge in [0.25, 0.3) is 0 Å². The minimum atomic E-state index is 0.431. The maximum Gasteiger partial charge on any atom is 0.204 e. The summed E-state index contributed by atoms with van der Waals surface area (Å²) >= 11 is 0. The summed E-state index contributed by atoms with van der Waals surface area (Å²) < 4.78 is 16.2. The van der Waals surface area contributed by atoms with Crippen LogP contribution in [0.5, 0.6) is 11.5 Å². The summed E-state index contributed by atoms with van der Waals surface area (Å²) in [5, 5.41) is 3.27. The van der Waals surface area contributed by atoms with Crippen LogP contribution in [0.3, 0.4) is 0 Å². The Labute approximate surface area is 83.2 Å². The molecule has 1 aliphatic rings. The van der Waals surface area contributed by atoms with E-state index < -0.39 is 0 Å². The first-order valence-electron chi connectivity index (χ1n) is 4.86. The highest BCUT2D eigenvalue weighted by molar-refractivity contribution is 5.42. The van der Waals surface area contributed by atoms with Gasteiger partial charge in [-0.3, -0.25) is 0 Å². The molecule has 0 spiro atoms. The Hall–Kier alpha value is -1.16. The highest BCUT2D eigenvalue weighted by atomic mass is 16.6. The molecule has 0 bridgehead atoms. The standard InChI is InChI=1S/C10H15NO3/c1-7(2)11-5-8-10-9(6-14-8)12-3-4-13-10/h6-7,11H,3-5H2,1-2H3. The van der Waals surface area contributed by atoms with Crippen molar-refractivity contribution in [3.63, 3.8) is 0 Å². The molecule has 0 fully saturated rings. The van der Waals surface area contributed by atoms with Crippen molar-refractivity contribution in [2.24, 2.45) is 0 Å². The molecule has 0 radical (unpaired) electrons. The molecule has 0 atom stereocenters. The van der Waals surface area contributed by atoms with Gasteiger partial charge >= 0.3 is 0 Å². The van der Waals surface area contributed by atoms with E-state index >= 15 is 0 Å². The summed E-state index contributed by atoms with van der Waals surface area (Å²) in [7, 11) is 0. The Bertz CT molecular complexity index is 306. The second-order valence-corrected chi connectivity index (χ2v) is 3.58. The Morgan fingerprint density at radius 2 is 2.14 bits per heavy atom. The predicted octanol–water partition coefficient (Wildman–Crippen LogP) is 1.55. The number of hydrogen-bond acceptors (Lipinski definition) is 4. The highest BCUT2D eigenvalue weighted by Crippen LogP contribution is 2.35. The first-order valence-corrected chi connectivity index (χ1v) is 4.86. The van der Waals surface area contributed by atoms with Crippen molar-refractivity contribution >= 4 is 0 Å². The lowest BCUT2D eigenvalue weighted by atomic mass is 10.3. The average molecular weight is 197 g/mol. The number of rotatable bonds is 3. The maximum absolute atomic E-state index is 5.47. The van der Waals surface area contributed by atoms with Crippen LogP contribution in [-0.4, -0.2) is 19.3 Å². The Kier molecular flexibility index (Phi) is 2.63. The second-order valence-electron chi connectivity index (χ2n) is 3.58. The molecule has 14 heavy (non-hydrogen) atoms. The van der Waals surface area contributed by atoms with Crippen molar-refractivity contribution in [1.82, 2.24) is 5.32 Å². The van der Waals surface area contributed by atoms with Crippen molar-refractivity contribution in [3.05, 3.63) is 12.0 Å². The van der Waals surface area contributed by atoms with E-state index in [9.17, 15) is 0 Å². The SMILES string of the molecule is CC(C)NCc1occ2c1OCCO2. The van der Waals surface area contributed by atoms with Crippen molar-refractivity contribution in [3.8, 4) is 11.5 Å². The van der Waals surface area contributed by atoms with Gasteiger partial charge < -0.3 is 19.2 Å². The molecule has 1 aromatic heterocycles. The van der Waals surface area contributed by atoms with Crippen molar-refractivity contribution in [2.75, 3.05) is 13.2 Å². The Morgan fingerprint density at radius 1 is 1.36 bits per heavy atom. The fourth-order valence-electron chi connectivity index (χ4n) is 1.33. The summed E-state index contributed by atoms with van der Waals surface area (Å²) in [6.45, 7) is 6.06. The van der Waals surface area contributed by atoms with Crippen LogP contribution in [0, 0.1) is 0 Å². The largest absolute Gasteiger partial charge is 0.483 e. The van der Waals surface area contributed by atoms with Crippen LogP contribution in [0.1, 0.15) is 19.6 Å². The van der Waals surface area contributed by atoms with E-state index in [-0.39, 0.29) is 0 Å². The first-order chi connectivity index (χ1) is 6.77. The Morgan fingerprint density at radius 3 is 2.93 bits per heavy atom. The maximum atomic E-state index is 5.47. The van der Waals surface area contributed by atoms with Gasteiger partial charge in [0.1, 0.15) is 19.5 Å². The third-order valence-electron chi connectivity index (χ3n) is 2.04. The lowest BCUT2D eigenvalue weighted by Gasteiger charge is -2.15. The molecule has 4 heteroatoms. The molecule has 0 aliphatic carbocycles. The van der Waals surface area contributed by atoms with Gasteiger partial charge in [-0.1, -0.05) is 13.8 Å². The molecule has 0 amide bonds. The number of nitrogens with one attached hydrogen (secondary N) is 1. The van der Waals surface area contributed by atoms with Crippen LogP contribution in [0.25, 0.3) is 0 Å². The van der Waals surface area contributed by atoms with E-state index in [1.54, 1.807) is 6.26 Å². The molecule has 1 aromatic rings. The molecule has 0 aromatic carbocycles. The fraction of sp³-hybridized carbons (Fsp3) is 0.600. The van der Waals surface area contributed by atoms with Gasteiger partial charge in [0.15, 0.2) is 11.5 Å². The Balaban J connectivity index is 2.06. The van der Waals surface area contributed by atoms with E-state index in [0.29, 0.717) is 25.8 Å². The van der Waals surface area contributed by atoms with Crippen LogP contribution in [-0.2, 0) is 6.54 Å². The molecule has 1 aliphatic heterocycles. The van der Waals surface area contributed by atoms with Crippen molar-refractivity contribution in [2.45, 2.75) is 26.4 Å². The zero-order chi connectivity index (χ0) is 9.97. The number of fused-ring (bicyclic) bond motifs is 1. The van der Waals surface area contributed by atoms with Crippen LogP contribution >= 0.6 is 0 Å². The van der Waals surface area contributed by atoms with Crippen LogP contribution in [0.15, 0.2) is 10.7 Å². The lowest BCUT2D eigenvalue weighted by molar-refractivity contribution is 0.171. The smallest absolute Gasteiger partial charge is 0.204 e. The first kappa shape index (κ1) is 9.40. The third kappa shape index (κ3) is 1.85. The van der Waals surface area contributed by atoms with Crippen molar-refractivity contribution < 1.29 is 13.9 Å². The van der Waals surface area contributed by atoms with Gasteiger partial charge in [0.05, 0.1) is 6.54 Å². The molecule has 0 saturated heterocycles. The third-order valence-corrected chi connectivity index (χ3v) is 2.04. The molecule has 4 nitrogen and oxygen atoms in total. The zero-order valence-corrected chi connectivity index (χ0v) is 8.50. The van der Waals surface area contributed by atoms with Gasteiger partial charge in [-0.25, -0.2) is 0 Å². The summed E-state index contributed by atoms with van der Waals surface area (Å²) in [5.41, 5.74) is 0. The molecule has 0 saturated carbocycles. The second kappa shape index (κ2) is 3.92. The van der Waals surface area contributed by atoms with E-state index in [1.807, 2.05) is 0 Å². The van der Waals surface area contributed by atoms with Crippen LogP contribution in [0.2, 0.25) is 0 Å². The van der Waals surface area contributed by atoms with Gasteiger partial charge in [0, 0.05) is 6.04 Å². The van der Waals surface area contributed by atoms with Gasteiger partial charge in [0.2, 0.25) is 5.75 Å². The molecule has 2 heterocycles. The average Bonchev–Trinajstić information content (AvgIpc) is 2.58. The number of furan rings is 1. The van der Waals surface area contributed by atoms with Gasteiger partial charge in [-0.05, 0) is 0 Å². The number of hydrogen-bond donors (Lipinski definition) is 1. The summed E-state index contributed by atoms with van der Waals surface area (Å²) in [5.74, 6) is 2.29. The fourth-order valence-corrected chi connectivity index (χ4v) is 1.33. The monoisotopic (exact) mass is 197 g/mol. The normalized spacial score (nSPS) is 14.8. The minimum Gasteiger partial charge on any atom is -0.483 e. The van der Waals surface area contributed by atoms with E-state index in [1.165, 1.54) is 0 Å². The van der Waals surface area contributed by atoms with Crippen molar-refractivity contribution in [1.29, 1.82) is 0 Å². The van der Waals surface area contributed by atoms with Gasteiger partial charge in [-0.2, -0.15) is 0 Å². The molecule has 1 N–H and O–H groups in total. The van der Waals surface area contributed by atoms with Gasteiger partial charge in [-0.15, -0.1) is 0 Å². The van der Waals surface area contributed by atoms with E-state index in [4.69, 9.17) is 13.9 Å². The molecular weight excluding hydrogens is 182 g/mol. The lowest BCUT2D eigenvalue weighted by Crippen LogP contribution is -2.22. The van der Waals surface area contributed by atoms with Crippen LogP contribution in [0.4, 0.5) is 0 Å². The molecular formula is C10H15NO3. The quantitative estimate of drug-likeness (QED) is 0.798. The van der Waals surface area contributed by atoms with E-state index in [2.05, 4.69) is 19.2 Å². The number of ether oxygens (including phenoxy) is 2.